The smallest absolute Gasteiger partial charge is 0.132 e. The summed E-state index contributed by atoms with van der Waals surface area (Å²) >= 11 is 5.06. The summed E-state index contributed by atoms with van der Waals surface area (Å²) in [6, 6.07) is 8.22. The summed E-state index contributed by atoms with van der Waals surface area (Å²) in [5.41, 5.74) is 1.25. The molecule has 3 nitrogen and oxygen atoms in total. The highest BCUT2D eigenvalue weighted by Gasteiger charge is 2.23. The van der Waals surface area contributed by atoms with E-state index in [1.54, 1.807) is 6.26 Å². The van der Waals surface area contributed by atoms with E-state index in [4.69, 9.17) is 16.3 Å². The number of hydrogen-bond acceptors (Lipinski definition) is 3. The molecule has 0 amide bonds. The second-order valence-electron chi connectivity index (χ2n) is 4.63. The summed E-state index contributed by atoms with van der Waals surface area (Å²) in [6.07, 6.45) is 2.72. The average Bonchev–Trinajstić information content (AvgIpc) is 2.34. The molecule has 1 aromatic rings. The van der Waals surface area contributed by atoms with E-state index in [0.29, 0.717) is 18.4 Å². The number of ether oxygens (including phenoxy) is 1. The van der Waals surface area contributed by atoms with Crippen molar-refractivity contribution in [3.63, 3.8) is 0 Å². The highest BCUT2D eigenvalue weighted by Crippen LogP contribution is 2.13. The van der Waals surface area contributed by atoms with E-state index in [9.17, 15) is 4.55 Å². The molecule has 0 aliphatic carbocycles. The lowest BCUT2D eigenvalue weighted by Gasteiger charge is -2.30. The van der Waals surface area contributed by atoms with Crippen molar-refractivity contribution in [2.45, 2.75) is 18.6 Å². The summed E-state index contributed by atoms with van der Waals surface area (Å²) in [5.74, 6) is 0.612. The van der Waals surface area contributed by atoms with Gasteiger partial charge in [0, 0.05) is 17.6 Å². The van der Waals surface area contributed by atoms with Crippen LogP contribution in [0.25, 0.3) is 0 Å². The molecule has 1 aromatic carbocycles. The summed E-state index contributed by atoms with van der Waals surface area (Å²) in [4.78, 5) is 0. The molecule has 0 radical (unpaired) electrons. The van der Waals surface area contributed by atoms with Crippen LogP contribution < -0.4 is 5.32 Å². The van der Waals surface area contributed by atoms with Crippen LogP contribution in [0.2, 0.25) is 5.02 Å². The maximum atomic E-state index is 11.1. The van der Waals surface area contributed by atoms with E-state index in [2.05, 4.69) is 5.32 Å². The van der Waals surface area contributed by atoms with Crippen LogP contribution in [-0.2, 0) is 22.3 Å². The fourth-order valence-electron chi connectivity index (χ4n) is 2.07. The molecule has 0 saturated carbocycles. The maximum absolute atomic E-state index is 11.1. The molecule has 1 fully saturated rings. The van der Waals surface area contributed by atoms with Crippen molar-refractivity contribution in [2.24, 2.45) is 0 Å². The second kappa shape index (κ2) is 6.78. The molecular weight excluding hydrogens is 270 g/mol. The molecular formula is C13H18ClNO2S. The highest BCUT2D eigenvalue weighted by atomic mass is 35.5. The van der Waals surface area contributed by atoms with Crippen molar-refractivity contribution in [1.82, 2.24) is 5.32 Å². The lowest BCUT2D eigenvalue weighted by atomic mass is 10.1. The molecule has 2 rings (SSSR count). The van der Waals surface area contributed by atoms with Crippen LogP contribution >= 0.6 is 11.6 Å². The number of hydrogen-bond donors (Lipinski definition) is 1. The van der Waals surface area contributed by atoms with Gasteiger partial charge in [-0.15, -0.1) is 0 Å². The van der Waals surface area contributed by atoms with Gasteiger partial charge < -0.3 is 14.6 Å². The topological polar surface area (TPSA) is 44.3 Å². The zero-order valence-electron chi connectivity index (χ0n) is 10.4. The van der Waals surface area contributed by atoms with E-state index >= 15 is 0 Å². The Labute approximate surface area is 116 Å². The predicted octanol–water partition coefficient (Wildman–Crippen LogP) is 1.62. The molecule has 1 saturated heterocycles. The van der Waals surface area contributed by atoms with E-state index < -0.39 is 11.2 Å². The van der Waals surface area contributed by atoms with E-state index in [1.165, 1.54) is 5.56 Å². The minimum absolute atomic E-state index is 0.0808. The maximum Gasteiger partial charge on any atom is 0.132 e. The molecule has 18 heavy (non-hydrogen) atoms. The lowest BCUT2D eigenvalue weighted by molar-refractivity contribution is 0.0174. The van der Waals surface area contributed by atoms with Crippen LogP contribution in [0, 0.1) is 0 Å². The van der Waals surface area contributed by atoms with Crippen molar-refractivity contribution < 1.29 is 9.29 Å². The third-order valence-corrected chi connectivity index (χ3v) is 4.08. The van der Waals surface area contributed by atoms with Crippen LogP contribution in [0.1, 0.15) is 5.56 Å². The fourth-order valence-corrected chi connectivity index (χ4v) is 2.94. The van der Waals surface area contributed by atoms with Crippen molar-refractivity contribution in [3.8, 4) is 0 Å². The van der Waals surface area contributed by atoms with Gasteiger partial charge in [-0.3, -0.25) is 0 Å². The quantitative estimate of drug-likeness (QED) is 0.856. The standard InChI is InChI=1S/C13H18ClNO2S/c1-18(16)9-13-7-15-12(8-17-13)6-10-2-4-11(14)5-3-10/h2-5,12-13,15H,6-9H2,1H3/t12-,13+,18?/m0/s1. The molecule has 5 heteroatoms. The molecule has 3 atom stereocenters. The van der Waals surface area contributed by atoms with Crippen molar-refractivity contribution in [2.75, 3.05) is 25.2 Å². The first-order valence-corrected chi connectivity index (χ1v) is 8.13. The zero-order chi connectivity index (χ0) is 13.0. The number of halogens is 1. The first kappa shape index (κ1) is 14.2. The molecule has 1 heterocycles. The Morgan fingerprint density at radius 3 is 2.72 bits per heavy atom. The Kier molecular flexibility index (Phi) is 5.33. The third kappa shape index (κ3) is 4.44. The van der Waals surface area contributed by atoms with Gasteiger partial charge in [0.25, 0.3) is 0 Å². The fraction of sp³-hybridized carbons (Fsp3) is 0.538. The Morgan fingerprint density at radius 2 is 2.17 bits per heavy atom. The van der Waals surface area contributed by atoms with E-state index in [-0.39, 0.29) is 6.10 Å². The van der Waals surface area contributed by atoms with Crippen LogP contribution in [0.3, 0.4) is 0 Å². The molecule has 0 spiro atoms. The van der Waals surface area contributed by atoms with Gasteiger partial charge in [-0.1, -0.05) is 34.9 Å². The molecule has 1 aliphatic heterocycles. The first-order chi connectivity index (χ1) is 8.63. The summed E-state index contributed by atoms with van der Waals surface area (Å²) < 4.78 is 16.8. The second-order valence-corrected chi connectivity index (χ2v) is 6.55. The van der Waals surface area contributed by atoms with Gasteiger partial charge in [0.1, 0.15) is 11.9 Å². The van der Waals surface area contributed by atoms with Crippen LogP contribution in [-0.4, -0.2) is 41.9 Å². The number of nitrogens with one attached hydrogen (secondary N) is 1. The SMILES string of the molecule is C[S+]([O-])C[C@H]1CN[C@@H](Cc2ccc(Cl)cc2)CO1. The van der Waals surface area contributed by atoms with Gasteiger partial charge >= 0.3 is 0 Å². The van der Waals surface area contributed by atoms with Crippen LogP contribution in [0.5, 0.6) is 0 Å². The summed E-state index contributed by atoms with van der Waals surface area (Å²) in [7, 11) is 0. The zero-order valence-corrected chi connectivity index (χ0v) is 12.0. The predicted molar refractivity (Wildman–Crippen MR) is 75.6 cm³/mol. The first-order valence-electron chi connectivity index (χ1n) is 6.03. The lowest BCUT2D eigenvalue weighted by Crippen LogP contribution is -2.49. The van der Waals surface area contributed by atoms with Crippen LogP contribution in [0.4, 0.5) is 0 Å². The molecule has 100 valence electrons. The molecule has 1 aliphatic rings. The molecule has 1 N–H and O–H groups in total. The minimum Gasteiger partial charge on any atom is -0.616 e. The van der Waals surface area contributed by atoms with E-state index in [1.807, 2.05) is 24.3 Å². The van der Waals surface area contributed by atoms with Gasteiger partial charge in [0.05, 0.1) is 12.9 Å². The Balaban J connectivity index is 1.78. The Bertz CT molecular complexity index is 364. The van der Waals surface area contributed by atoms with Crippen molar-refractivity contribution >= 4 is 22.8 Å². The number of benzene rings is 1. The normalized spacial score (nSPS) is 25.9. The summed E-state index contributed by atoms with van der Waals surface area (Å²) in [5, 5.41) is 4.21. The van der Waals surface area contributed by atoms with Gasteiger partial charge in [-0.25, -0.2) is 0 Å². The van der Waals surface area contributed by atoms with Gasteiger partial charge in [0.2, 0.25) is 0 Å². The summed E-state index contributed by atoms with van der Waals surface area (Å²) in [6.45, 7) is 1.45. The third-order valence-electron chi connectivity index (χ3n) is 2.98. The number of morpholine rings is 1. The molecule has 0 bridgehead atoms. The Hall–Kier alpha value is -0.260. The van der Waals surface area contributed by atoms with Crippen molar-refractivity contribution in [1.29, 1.82) is 0 Å². The highest BCUT2D eigenvalue weighted by molar-refractivity contribution is 7.90. The molecule has 1 unspecified atom stereocenters. The van der Waals surface area contributed by atoms with Gasteiger partial charge in [-0.2, -0.15) is 0 Å². The average molecular weight is 288 g/mol. The minimum atomic E-state index is -0.795. The van der Waals surface area contributed by atoms with Crippen molar-refractivity contribution in [3.05, 3.63) is 34.9 Å². The monoisotopic (exact) mass is 287 g/mol. The molecule has 0 aromatic heterocycles. The van der Waals surface area contributed by atoms with Gasteiger partial charge in [-0.05, 0) is 24.1 Å². The van der Waals surface area contributed by atoms with Gasteiger partial charge in [0.15, 0.2) is 0 Å². The van der Waals surface area contributed by atoms with E-state index in [0.717, 1.165) is 18.0 Å². The largest absolute Gasteiger partial charge is 0.616 e. The van der Waals surface area contributed by atoms with Crippen LogP contribution in [0.15, 0.2) is 24.3 Å². The number of rotatable bonds is 4. The Morgan fingerprint density at radius 1 is 1.44 bits per heavy atom.